The zero-order chi connectivity index (χ0) is 36.2. The molecule has 1 amide bonds. The molecule has 2 aromatic carbocycles. The van der Waals surface area contributed by atoms with E-state index in [0.29, 0.717) is 18.2 Å². The molecule has 0 fully saturated rings. The molecule has 1 aliphatic rings. The zero-order valence-electron chi connectivity index (χ0n) is 29.4. The third-order valence-corrected chi connectivity index (χ3v) is 9.03. The summed E-state index contributed by atoms with van der Waals surface area (Å²) >= 11 is 0. The maximum atomic E-state index is 14.3. The number of nitrogens with one attached hydrogen (secondary N) is 1. The quantitative estimate of drug-likeness (QED) is 0.151. The molecule has 1 aliphatic carbocycles. The normalized spacial score (nSPS) is 14.2. The van der Waals surface area contributed by atoms with Crippen molar-refractivity contribution in [3.05, 3.63) is 91.6 Å². The largest absolute Gasteiger partial charge is 0.466 e. The minimum atomic E-state index is -4.74. The highest BCUT2D eigenvalue weighted by molar-refractivity contribution is 5.82. The van der Waals surface area contributed by atoms with Crippen LogP contribution < -0.4 is 10.9 Å². The molecule has 1 N–H and O–H groups in total. The summed E-state index contributed by atoms with van der Waals surface area (Å²) < 4.78 is 62.7. The number of fused-ring (bicyclic) bond motifs is 1. The van der Waals surface area contributed by atoms with Gasteiger partial charge < -0.3 is 19.5 Å². The Morgan fingerprint density at radius 2 is 1.71 bits per heavy atom. The third kappa shape index (κ3) is 9.17. The summed E-state index contributed by atoms with van der Waals surface area (Å²) in [5.74, 6) is -1.57. The number of hydrogen-bond acceptors (Lipinski definition) is 5. The predicted molar refractivity (Wildman–Crippen MR) is 182 cm³/mol. The van der Waals surface area contributed by atoms with Gasteiger partial charge in [0.2, 0.25) is 5.91 Å². The molecule has 266 valence electrons. The van der Waals surface area contributed by atoms with Crippen LogP contribution in [0.3, 0.4) is 0 Å². The van der Waals surface area contributed by atoms with E-state index in [1.807, 2.05) is 39.8 Å². The summed E-state index contributed by atoms with van der Waals surface area (Å²) in [6, 6.07) is 5.44. The molecule has 1 aromatic heterocycles. The van der Waals surface area contributed by atoms with Crippen molar-refractivity contribution in [3.8, 4) is 11.1 Å². The van der Waals surface area contributed by atoms with Crippen molar-refractivity contribution in [2.24, 2.45) is 5.92 Å². The number of carbonyl (C=O) groups excluding carboxylic acids is 2. The molecule has 11 heteroatoms. The van der Waals surface area contributed by atoms with Crippen LogP contribution in [0.1, 0.15) is 91.1 Å². The number of ether oxygens (including phenoxy) is 1. The van der Waals surface area contributed by atoms with E-state index in [1.165, 1.54) is 12.1 Å². The second-order valence-corrected chi connectivity index (χ2v) is 13.7. The lowest BCUT2D eigenvalue weighted by Gasteiger charge is -2.27. The van der Waals surface area contributed by atoms with Gasteiger partial charge in [-0.15, -0.1) is 0 Å². The van der Waals surface area contributed by atoms with Crippen molar-refractivity contribution >= 4 is 11.9 Å². The van der Waals surface area contributed by atoms with Gasteiger partial charge in [0.15, 0.2) is 0 Å². The van der Waals surface area contributed by atoms with Crippen molar-refractivity contribution in [1.82, 2.24) is 14.8 Å². The maximum Gasteiger partial charge on any atom is 0.416 e. The molecule has 4 rings (SSSR count). The lowest BCUT2D eigenvalue weighted by atomic mass is 9.87. The fourth-order valence-electron chi connectivity index (χ4n) is 6.83. The zero-order valence-corrected chi connectivity index (χ0v) is 29.4. The number of alkyl halides is 3. The molecule has 3 aromatic rings. The number of nitrogens with zero attached hydrogens (tertiary/aromatic N) is 2. The monoisotopic (exact) mass is 685 g/mol. The number of carbonyl (C=O) groups is 2. The summed E-state index contributed by atoms with van der Waals surface area (Å²) in [7, 11) is 3.48. The Morgan fingerprint density at radius 1 is 1.04 bits per heavy atom. The van der Waals surface area contributed by atoms with Gasteiger partial charge in [-0.2, -0.15) is 13.2 Å². The minimum absolute atomic E-state index is 0.0176. The van der Waals surface area contributed by atoms with Crippen LogP contribution in [0, 0.1) is 25.6 Å². The number of amides is 1. The molecule has 1 heterocycles. The Bertz CT molecular complexity index is 1720. The molecule has 2 unspecified atom stereocenters. The Hall–Kier alpha value is -3.99. The second-order valence-electron chi connectivity index (χ2n) is 13.7. The number of rotatable bonds is 13. The van der Waals surface area contributed by atoms with E-state index in [9.17, 15) is 31.9 Å². The summed E-state index contributed by atoms with van der Waals surface area (Å²) in [4.78, 5) is 42.2. The Morgan fingerprint density at radius 3 is 2.31 bits per heavy atom. The van der Waals surface area contributed by atoms with E-state index >= 15 is 0 Å². The van der Waals surface area contributed by atoms with Crippen molar-refractivity contribution < 1.29 is 31.9 Å². The molecule has 0 aliphatic heterocycles. The first-order valence-electron chi connectivity index (χ1n) is 16.9. The fraction of sp³-hybridized carbons (Fsp3) is 0.500. The topological polar surface area (TPSA) is 80.6 Å². The van der Waals surface area contributed by atoms with Crippen LogP contribution in [0.4, 0.5) is 17.6 Å². The number of likely N-dealkylation sites (N-methyl/N-ethyl adjacent to an activating group) is 1. The van der Waals surface area contributed by atoms with Crippen LogP contribution in [0.5, 0.6) is 0 Å². The summed E-state index contributed by atoms with van der Waals surface area (Å²) in [5, 5.41) is 2.99. The van der Waals surface area contributed by atoms with Crippen LogP contribution in [-0.4, -0.2) is 48.6 Å². The molecule has 0 bridgehead atoms. The number of halogens is 4. The molecule has 49 heavy (non-hydrogen) atoms. The summed E-state index contributed by atoms with van der Waals surface area (Å²) in [6.07, 6.45) is -1.06. The highest BCUT2D eigenvalue weighted by Gasteiger charge is 2.36. The molecule has 0 saturated carbocycles. The van der Waals surface area contributed by atoms with E-state index in [4.69, 9.17) is 4.74 Å². The highest BCUT2D eigenvalue weighted by atomic mass is 19.4. The Labute approximate surface area is 285 Å². The average molecular weight is 686 g/mol. The molecule has 0 saturated heterocycles. The number of benzene rings is 2. The molecular formula is C38H47F4N3O4. The smallest absolute Gasteiger partial charge is 0.416 e. The lowest BCUT2D eigenvalue weighted by Crippen LogP contribution is -2.40. The average Bonchev–Trinajstić information content (AvgIpc) is 3.47. The third-order valence-electron chi connectivity index (χ3n) is 9.03. The minimum Gasteiger partial charge on any atom is -0.466 e. The van der Waals surface area contributed by atoms with Crippen molar-refractivity contribution in [3.63, 3.8) is 0 Å². The molecule has 0 spiro atoms. The maximum absolute atomic E-state index is 14.3. The lowest BCUT2D eigenvalue weighted by molar-refractivity contribution is -0.144. The van der Waals surface area contributed by atoms with Gasteiger partial charge in [-0.1, -0.05) is 19.9 Å². The van der Waals surface area contributed by atoms with Gasteiger partial charge in [-0.05, 0) is 136 Å². The van der Waals surface area contributed by atoms with Gasteiger partial charge in [-0.25, -0.2) is 4.39 Å². The van der Waals surface area contributed by atoms with Gasteiger partial charge in [-0.3, -0.25) is 14.4 Å². The molecular weight excluding hydrogens is 638 g/mol. The van der Waals surface area contributed by atoms with Crippen LogP contribution in [0.15, 0.2) is 41.3 Å². The molecule has 0 radical (unpaired) electrons. The van der Waals surface area contributed by atoms with Crippen LogP contribution >= 0.6 is 0 Å². The van der Waals surface area contributed by atoms with Crippen molar-refractivity contribution in [2.45, 2.75) is 91.4 Å². The van der Waals surface area contributed by atoms with Crippen molar-refractivity contribution in [2.75, 3.05) is 27.2 Å². The van der Waals surface area contributed by atoms with E-state index in [2.05, 4.69) is 5.32 Å². The van der Waals surface area contributed by atoms with Crippen LogP contribution in [0.2, 0.25) is 0 Å². The van der Waals surface area contributed by atoms with E-state index in [1.54, 1.807) is 25.9 Å². The first-order chi connectivity index (χ1) is 23.0. The molecule has 2 atom stereocenters. The van der Waals surface area contributed by atoms with Crippen LogP contribution in [-0.2, 0) is 39.8 Å². The van der Waals surface area contributed by atoms with E-state index < -0.39 is 41.3 Å². The van der Waals surface area contributed by atoms with Crippen LogP contribution in [0.25, 0.3) is 11.1 Å². The standard InChI is InChI=1S/C38H47F4N3O4/c1-8-49-35(47)20-32(27-17-25-10-9-11-29(25)30(18-27)36-23(4)15-28(39)16-24(36)5)43-37(48)33(14-22(2)3)45-21-26(12-13-44(6)7)31(19-34(45)46)38(40,41)42/h15-19,21-22,32-33H,8-14,20H2,1-7H3,(H,43,48). The van der Waals surface area contributed by atoms with E-state index in [-0.39, 0.29) is 43.2 Å². The van der Waals surface area contributed by atoms with Gasteiger partial charge in [0.25, 0.3) is 5.56 Å². The number of hydrogen-bond donors (Lipinski definition) is 1. The SMILES string of the molecule is CCOC(=O)CC(NC(=O)C(CC(C)C)n1cc(CCN(C)C)c(C(F)(F)F)cc1=O)c1cc2c(c(-c3c(C)cc(F)cc3C)c1)CCC2. The van der Waals surface area contributed by atoms with Gasteiger partial charge in [0.1, 0.15) is 11.9 Å². The van der Waals surface area contributed by atoms with E-state index in [0.717, 1.165) is 63.4 Å². The highest BCUT2D eigenvalue weighted by Crippen LogP contribution is 2.39. The number of pyridine rings is 1. The predicted octanol–water partition coefficient (Wildman–Crippen LogP) is 7.28. The van der Waals surface area contributed by atoms with Gasteiger partial charge >= 0.3 is 12.1 Å². The molecule has 7 nitrogen and oxygen atoms in total. The first kappa shape index (κ1) is 37.8. The Kier molecular flexibility index (Phi) is 12.1. The first-order valence-corrected chi connectivity index (χ1v) is 16.9. The van der Waals surface area contributed by atoms with Crippen molar-refractivity contribution in [1.29, 1.82) is 0 Å². The number of esters is 1. The fourth-order valence-corrected chi connectivity index (χ4v) is 6.83. The number of aromatic nitrogens is 1. The Balaban J connectivity index is 1.83. The summed E-state index contributed by atoms with van der Waals surface area (Å²) in [6.45, 7) is 9.54. The van der Waals surface area contributed by atoms with Gasteiger partial charge in [0, 0.05) is 18.8 Å². The number of aryl methyl sites for hydroxylation is 3. The second kappa shape index (κ2) is 15.7. The van der Waals surface area contributed by atoms with Gasteiger partial charge in [0.05, 0.1) is 24.6 Å². The summed E-state index contributed by atoms with van der Waals surface area (Å²) in [5.41, 5.74) is 4.14.